The number of nitrogens with one attached hydrogen (secondary N) is 2. The van der Waals surface area contributed by atoms with Crippen molar-refractivity contribution in [2.75, 3.05) is 18.5 Å². The van der Waals surface area contributed by atoms with Crippen LogP contribution in [0.25, 0.3) is 0 Å². The molecule has 0 atom stereocenters. The van der Waals surface area contributed by atoms with Gasteiger partial charge in [0.25, 0.3) is 5.56 Å². The minimum absolute atomic E-state index is 0.347. The maximum atomic E-state index is 11.3. The van der Waals surface area contributed by atoms with Crippen molar-refractivity contribution in [1.82, 2.24) is 9.66 Å². The van der Waals surface area contributed by atoms with Gasteiger partial charge < -0.3 is 11.2 Å². The Hall–Kier alpha value is -1.56. The maximum Gasteiger partial charge on any atom is 0.346 e. The van der Waals surface area contributed by atoms with Gasteiger partial charge in [-0.25, -0.2) is 9.47 Å². The number of H-pyrrole nitrogens is 1. The second-order valence-corrected chi connectivity index (χ2v) is 3.35. The fourth-order valence-corrected chi connectivity index (χ4v) is 1.15. The van der Waals surface area contributed by atoms with Crippen LogP contribution < -0.4 is 22.4 Å². The smallest absolute Gasteiger partial charge is 0.330 e. The first-order valence-corrected chi connectivity index (χ1v) is 4.91. The van der Waals surface area contributed by atoms with Crippen molar-refractivity contribution in [3.05, 3.63) is 32.6 Å². The Labute approximate surface area is 87.1 Å². The molecule has 0 radical (unpaired) electrons. The van der Waals surface area contributed by atoms with Gasteiger partial charge in [-0.2, -0.15) is 0 Å². The number of unbranched alkanes of at least 4 members (excludes halogenated alkanes) is 1. The molecular formula is C9H16N4O2. The van der Waals surface area contributed by atoms with E-state index in [1.165, 1.54) is 10.9 Å². The van der Waals surface area contributed by atoms with Crippen LogP contribution in [0.5, 0.6) is 0 Å². The van der Waals surface area contributed by atoms with E-state index in [-0.39, 0.29) is 5.56 Å². The van der Waals surface area contributed by atoms with E-state index in [0.717, 1.165) is 12.8 Å². The number of aromatic amines is 1. The first-order chi connectivity index (χ1) is 7.15. The highest BCUT2D eigenvalue weighted by Crippen LogP contribution is 1.85. The van der Waals surface area contributed by atoms with Gasteiger partial charge >= 0.3 is 5.69 Å². The SMILES string of the molecule is Cc1cn(NCCCCN)c(=O)[nH]c1=O. The lowest BCUT2D eigenvalue weighted by Gasteiger charge is -2.08. The van der Waals surface area contributed by atoms with Crippen molar-refractivity contribution in [3.63, 3.8) is 0 Å². The Balaban J connectivity index is 2.66. The van der Waals surface area contributed by atoms with E-state index < -0.39 is 5.69 Å². The van der Waals surface area contributed by atoms with E-state index in [0.29, 0.717) is 18.7 Å². The van der Waals surface area contributed by atoms with Gasteiger partial charge in [0.2, 0.25) is 0 Å². The Morgan fingerprint density at radius 2 is 2.20 bits per heavy atom. The lowest BCUT2D eigenvalue weighted by molar-refractivity contribution is 0.693. The topological polar surface area (TPSA) is 92.9 Å². The maximum absolute atomic E-state index is 11.3. The van der Waals surface area contributed by atoms with Crippen molar-refractivity contribution in [2.24, 2.45) is 5.73 Å². The summed E-state index contributed by atoms with van der Waals surface area (Å²) in [6.45, 7) is 2.94. The molecule has 15 heavy (non-hydrogen) atoms. The van der Waals surface area contributed by atoms with E-state index in [9.17, 15) is 9.59 Å². The molecule has 0 spiro atoms. The normalized spacial score (nSPS) is 10.3. The molecule has 1 aromatic rings. The van der Waals surface area contributed by atoms with Crippen LogP contribution in [0.15, 0.2) is 15.8 Å². The van der Waals surface area contributed by atoms with E-state index in [1.54, 1.807) is 6.92 Å². The summed E-state index contributed by atoms with van der Waals surface area (Å²) >= 11 is 0. The fraction of sp³-hybridized carbons (Fsp3) is 0.556. The van der Waals surface area contributed by atoms with Crippen LogP contribution in [0, 0.1) is 6.92 Å². The van der Waals surface area contributed by atoms with Gasteiger partial charge in [0, 0.05) is 18.3 Å². The molecule has 0 amide bonds. The third-order valence-electron chi connectivity index (χ3n) is 2.03. The van der Waals surface area contributed by atoms with Crippen LogP contribution in [-0.4, -0.2) is 22.7 Å². The molecule has 1 rings (SSSR count). The third kappa shape index (κ3) is 3.25. The number of nitrogens with zero attached hydrogens (tertiary/aromatic N) is 1. The molecule has 0 aliphatic carbocycles. The van der Waals surface area contributed by atoms with Gasteiger partial charge in [-0.1, -0.05) is 0 Å². The standard InChI is InChI=1S/C9H16N4O2/c1-7-6-13(9(15)12-8(7)14)11-5-3-2-4-10/h6,11H,2-5,10H2,1H3,(H,12,14,15). The molecule has 0 fully saturated rings. The quantitative estimate of drug-likeness (QED) is 0.553. The van der Waals surface area contributed by atoms with Gasteiger partial charge in [-0.15, -0.1) is 0 Å². The zero-order valence-electron chi connectivity index (χ0n) is 8.75. The Morgan fingerprint density at radius 3 is 2.87 bits per heavy atom. The summed E-state index contributed by atoms with van der Waals surface area (Å²) in [6, 6.07) is 0. The molecule has 6 nitrogen and oxygen atoms in total. The number of hydrogen-bond donors (Lipinski definition) is 3. The van der Waals surface area contributed by atoms with Crippen LogP contribution >= 0.6 is 0 Å². The van der Waals surface area contributed by atoms with Crippen LogP contribution in [0.3, 0.4) is 0 Å². The highest BCUT2D eigenvalue weighted by atomic mass is 16.2. The van der Waals surface area contributed by atoms with Crippen molar-refractivity contribution >= 4 is 0 Å². The monoisotopic (exact) mass is 212 g/mol. The Bertz CT molecular complexity index is 421. The minimum atomic E-state index is -0.446. The summed E-state index contributed by atoms with van der Waals surface area (Å²) in [5.74, 6) is 0. The molecule has 0 aromatic carbocycles. The summed E-state index contributed by atoms with van der Waals surface area (Å²) in [7, 11) is 0. The molecule has 0 unspecified atom stereocenters. The average Bonchev–Trinajstić information content (AvgIpc) is 2.20. The lowest BCUT2D eigenvalue weighted by Crippen LogP contribution is -2.36. The molecule has 1 heterocycles. The third-order valence-corrected chi connectivity index (χ3v) is 2.03. The fourth-order valence-electron chi connectivity index (χ4n) is 1.15. The molecule has 0 aliphatic heterocycles. The van der Waals surface area contributed by atoms with E-state index >= 15 is 0 Å². The largest absolute Gasteiger partial charge is 0.346 e. The Kier molecular flexibility index (Phi) is 4.11. The summed E-state index contributed by atoms with van der Waals surface area (Å²) < 4.78 is 1.28. The second-order valence-electron chi connectivity index (χ2n) is 3.35. The number of rotatable bonds is 5. The van der Waals surface area contributed by atoms with Crippen LogP contribution in [0.2, 0.25) is 0 Å². The summed E-state index contributed by atoms with van der Waals surface area (Å²) in [5, 5.41) is 0. The van der Waals surface area contributed by atoms with Crippen molar-refractivity contribution in [3.8, 4) is 0 Å². The summed E-state index contributed by atoms with van der Waals surface area (Å²) in [6.07, 6.45) is 3.29. The first kappa shape index (κ1) is 11.5. The zero-order chi connectivity index (χ0) is 11.3. The Morgan fingerprint density at radius 1 is 1.47 bits per heavy atom. The molecule has 4 N–H and O–H groups in total. The summed E-state index contributed by atoms with van der Waals surface area (Å²) in [4.78, 5) is 24.5. The minimum Gasteiger partial charge on any atom is -0.330 e. The highest BCUT2D eigenvalue weighted by Gasteiger charge is 1.98. The predicted octanol–water partition coefficient (Wildman–Crippen LogP) is -0.873. The number of aryl methyl sites for hydroxylation is 1. The van der Waals surface area contributed by atoms with Crippen molar-refractivity contribution in [2.45, 2.75) is 19.8 Å². The van der Waals surface area contributed by atoms with Crippen LogP contribution in [-0.2, 0) is 0 Å². The number of nitrogens with two attached hydrogens (primary N) is 1. The van der Waals surface area contributed by atoms with Gasteiger partial charge in [-0.3, -0.25) is 9.78 Å². The van der Waals surface area contributed by atoms with Gasteiger partial charge in [0.05, 0.1) is 0 Å². The zero-order valence-corrected chi connectivity index (χ0v) is 8.75. The molecule has 0 saturated heterocycles. The van der Waals surface area contributed by atoms with Crippen LogP contribution in [0.4, 0.5) is 0 Å². The van der Waals surface area contributed by atoms with Crippen molar-refractivity contribution < 1.29 is 0 Å². The van der Waals surface area contributed by atoms with Crippen LogP contribution in [0.1, 0.15) is 18.4 Å². The highest BCUT2D eigenvalue weighted by molar-refractivity contribution is 5.01. The van der Waals surface area contributed by atoms with E-state index in [2.05, 4.69) is 10.4 Å². The van der Waals surface area contributed by atoms with Gasteiger partial charge in [0.15, 0.2) is 0 Å². The molecular weight excluding hydrogens is 196 g/mol. The average molecular weight is 212 g/mol. The predicted molar refractivity (Wildman–Crippen MR) is 58.6 cm³/mol. The van der Waals surface area contributed by atoms with E-state index in [1.807, 2.05) is 0 Å². The number of hydrogen-bond acceptors (Lipinski definition) is 4. The molecule has 0 saturated carbocycles. The first-order valence-electron chi connectivity index (χ1n) is 4.91. The van der Waals surface area contributed by atoms with Gasteiger partial charge in [0.1, 0.15) is 0 Å². The molecule has 0 aliphatic rings. The molecule has 0 bridgehead atoms. The molecule has 84 valence electrons. The molecule has 6 heteroatoms. The van der Waals surface area contributed by atoms with E-state index in [4.69, 9.17) is 5.73 Å². The van der Waals surface area contributed by atoms with Crippen molar-refractivity contribution in [1.29, 1.82) is 0 Å². The lowest BCUT2D eigenvalue weighted by atomic mass is 10.3. The number of aromatic nitrogens is 2. The summed E-state index contributed by atoms with van der Waals surface area (Å²) in [5.41, 5.74) is 7.94. The second kappa shape index (κ2) is 5.35. The molecule has 1 aromatic heterocycles. The van der Waals surface area contributed by atoms with Gasteiger partial charge in [-0.05, 0) is 26.3 Å².